The molecule has 0 saturated carbocycles. The summed E-state index contributed by atoms with van der Waals surface area (Å²) in [5.41, 5.74) is 1.52. The summed E-state index contributed by atoms with van der Waals surface area (Å²) in [4.78, 5) is 19.1. The topological polar surface area (TPSA) is 42.9 Å². The van der Waals surface area contributed by atoms with Crippen molar-refractivity contribution in [3.63, 3.8) is 0 Å². The average Bonchev–Trinajstić information content (AvgIpc) is 2.34. The number of aryl methyl sites for hydroxylation is 1. The van der Waals surface area contributed by atoms with E-state index in [4.69, 9.17) is 0 Å². The van der Waals surface area contributed by atoms with E-state index in [0.29, 0.717) is 5.75 Å². The smallest absolute Gasteiger partial charge is 0.177 e. The fraction of sp³-hybridized carbons (Fsp3) is 0.286. The van der Waals surface area contributed by atoms with Gasteiger partial charge in [0.25, 0.3) is 0 Å². The number of aromatic nitrogens is 2. The van der Waals surface area contributed by atoms with Crippen molar-refractivity contribution in [3.8, 4) is 0 Å². The molecule has 1 aliphatic heterocycles. The molecule has 0 bridgehead atoms. The van der Waals surface area contributed by atoms with Gasteiger partial charge in [0.1, 0.15) is 11.4 Å². The number of hydrogen-bond donors (Lipinski definition) is 0. The number of fused-ring (bicyclic) bond motifs is 1. The van der Waals surface area contributed by atoms with Gasteiger partial charge in [-0.05, 0) is 6.92 Å². The van der Waals surface area contributed by atoms with Gasteiger partial charge in [0.15, 0.2) is 5.78 Å². The molecule has 0 atom stereocenters. The monoisotopic (exact) mass is 166 g/mol. The molecule has 4 heteroatoms. The van der Waals surface area contributed by atoms with Crippen LogP contribution in [0.5, 0.6) is 0 Å². The van der Waals surface area contributed by atoms with Crippen LogP contribution in [-0.4, -0.2) is 21.5 Å². The lowest BCUT2D eigenvalue weighted by Crippen LogP contribution is -2.00. The van der Waals surface area contributed by atoms with Crippen LogP contribution in [0, 0.1) is 6.92 Å². The Kier molecular flexibility index (Phi) is 1.42. The summed E-state index contributed by atoms with van der Waals surface area (Å²) in [6, 6.07) is 0. The van der Waals surface area contributed by atoms with Crippen molar-refractivity contribution < 1.29 is 4.79 Å². The van der Waals surface area contributed by atoms with Crippen LogP contribution < -0.4 is 0 Å². The van der Waals surface area contributed by atoms with E-state index in [9.17, 15) is 4.79 Å². The second kappa shape index (κ2) is 2.30. The van der Waals surface area contributed by atoms with Crippen LogP contribution in [0.2, 0.25) is 0 Å². The highest BCUT2D eigenvalue weighted by Crippen LogP contribution is 2.29. The first-order valence-corrected chi connectivity index (χ1v) is 4.25. The molecule has 1 aliphatic rings. The molecule has 0 fully saturated rings. The number of ketones is 1. The van der Waals surface area contributed by atoms with Crippen molar-refractivity contribution in [2.45, 2.75) is 11.9 Å². The van der Waals surface area contributed by atoms with Crippen LogP contribution in [-0.2, 0) is 0 Å². The van der Waals surface area contributed by atoms with Crippen molar-refractivity contribution >= 4 is 17.5 Å². The van der Waals surface area contributed by atoms with Crippen molar-refractivity contribution in [2.75, 3.05) is 5.75 Å². The zero-order valence-corrected chi connectivity index (χ0v) is 6.81. The van der Waals surface area contributed by atoms with Gasteiger partial charge in [-0.3, -0.25) is 4.79 Å². The third-order valence-corrected chi connectivity index (χ3v) is 2.61. The Morgan fingerprint density at radius 3 is 3.09 bits per heavy atom. The van der Waals surface area contributed by atoms with E-state index in [1.807, 2.05) is 6.92 Å². The number of carbonyl (C=O) groups is 1. The van der Waals surface area contributed by atoms with Crippen LogP contribution in [0.4, 0.5) is 0 Å². The molecule has 0 aliphatic carbocycles. The zero-order valence-electron chi connectivity index (χ0n) is 6.00. The number of hydrogen-bond acceptors (Lipinski definition) is 4. The first kappa shape index (κ1) is 6.79. The molecule has 2 heterocycles. The third kappa shape index (κ3) is 0.939. The van der Waals surface area contributed by atoms with Crippen LogP contribution >= 0.6 is 11.8 Å². The molecular weight excluding hydrogens is 160 g/mol. The Bertz CT molecular complexity index is 324. The number of nitrogens with zero attached hydrogens (tertiary/aromatic N) is 2. The minimum absolute atomic E-state index is 0.156. The van der Waals surface area contributed by atoms with E-state index in [-0.39, 0.29) is 5.78 Å². The number of Topliss-reactive ketones (excluding diaryl/α,β-unsaturated/α-hetero) is 1. The van der Waals surface area contributed by atoms with E-state index < -0.39 is 0 Å². The van der Waals surface area contributed by atoms with Crippen LogP contribution in [0.1, 0.15) is 16.1 Å². The Hall–Kier alpha value is -0.900. The molecule has 0 N–H and O–H groups in total. The number of carbonyl (C=O) groups excluding carboxylic acids is 1. The molecule has 3 nitrogen and oxygen atoms in total. The van der Waals surface area contributed by atoms with Crippen LogP contribution in [0.3, 0.4) is 0 Å². The minimum Gasteiger partial charge on any atom is -0.293 e. The van der Waals surface area contributed by atoms with Crippen molar-refractivity contribution in [1.29, 1.82) is 0 Å². The maximum absolute atomic E-state index is 11.2. The molecule has 0 radical (unpaired) electrons. The molecule has 2 rings (SSSR count). The summed E-state index contributed by atoms with van der Waals surface area (Å²) < 4.78 is 0. The summed E-state index contributed by atoms with van der Waals surface area (Å²) in [6.07, 6.45) is 1.50. The van der Waals surface area contributed by atoms with Gasteiger partial charge >= 0.3 is 0 Å². The zero-order chi connectivity index (χ0) is 7.84. The lowest BCUT2D eigenvalue weighted by molar-refractivity contribution is 0.102. The predicted octanol–water partition coefficient (Wildman–Crippen LogP) is 1.07. The molecule has 0 spiro atoms. The molecule has 0 saturated heterocycles. The molecule has 0 unspecified atom stereocenters. The average molecular weight is 166 g/mol. The molecule has 1 aromatic heterocycles. The van der Waals surface area contributed by atoms with E-state index in [0.717, 1.165) is 16.3 Å². The van der Waals surface area contributed by atoms with Crippen molar-refractivity contribution in [3.05, 3.63) is 17.6 Å². The molecule has 56 valence electrons. The van der Waals surface area contributed by atoms with E-state index in [2.05, 4.69) is 9.97 Å². The van der Waals surface area contributed by atoms with E-state index in [1.165, 1.54) is 18.1 Å². The SMILES string of the molecule is Cc1ncnc2c1C(=O)CS2. The predicted molar refractivity (Wildman–Crippen MR) is 41.8 cm³/mol. The molecule has 0 amide bonds. The molecule has 0 aromatic carbocycles. The summed E-state index contributed by atoms with van der Waals surface area (Å²) in [6.45, 7) is 1.84. The first-order chi connectivity index (χ1) is 5.29. The van der Waals surface area contributed by atoms with E-state index in [1.54, 1.807) is 0 Å². The molecule has 11 heavy (non-hydrogen) atoms. The van der Waals surface area contributed by atoms with Crippen molar-refractivity contribution in [2.24, 2.45) is 0 Å². The molecule has 1 aromatic rings. The largest absolute Gasteiger partial charge is 0.293 e. The third-order valence-electron chi connectivity index (χ3n) is 1.62. The second-order valence-electron chi connectivity index (χ2n) is 2.35. The first-order valence-electron chi connectivity index (χ1n) is 3.26. The van der Waals surface area contributed by atoms with Crippen molar-refractivity contribution in [1.82, 2.24) is 9.97 Å². The van der Waals surface area contributed by atoms with Gasteiger partial charge in [-0.1, -0.05) is 11.8 Å². The van der Waals surface area contributed by atoms with Gasteiger partial charge in [0.05, 0.1) is 17.0 Å². The van der Waals surface area contributed by atoms with Gasteiger partial charge in [-0.2, -0.15) is 0 Å². The summed E-state index contributed by atoms with van der Waals surface area (Å²) in [5, 5.41) is 0.836. The van der Waals surface area contributed by atoms with Gasteiger partial charge in [-0.25, -0.2) is 9.97 Å². The van der Waals surface area contributed by atoms with Gasteiger partial charge < -0.3 is 0 Å². The number of rotatable bonds is 0. The van der Waals surface area contributed by atoms with Crippen LogP contribution in [0.25, 0.3) is 0 Å². The highest BCUT2D eigenvalue weighted by atomic mass is 32.2. The second-order valence-corrected chi connectivity index (χ2v) is 3.32. The Balaban J connectivity index is 2.68. The molecular formula is C7H6N2OS. The van der Waals surface area contributed by atoms with Crippen LogP contribution in [0.15, 0.2) is 11.4 Å². The minimum atomic E-state index is 0.156. The van der Waals surface area contributed by atoms with Gasteiger partial charge in [-0.15, -0.1) is 0 Å². The van der Waals surface area contributed by atoms with Gasteiger partial charge in [0.2, 0.25) is 0 Å². The maximum Gasteiger partial charge on any atom is 0.177 e. The Morgan fingerprint density at radius 1 is 1.55 bits per heavy atom. The Morgan fingerprint density at radius 2 is 2.36 bits per heavy atom. The fourth-order valence-corrected chi connectivity index (χ4v) is 2.03. The summed E-state index contributed by atoms with van der Waals surface area (Å²) in [5.74, 6) is 0.678. The number of thioether (sulfide) groups is 1. The standard InChI is InChI=1S/C7H6N2OS/c1-4-6-5(10)2-11-7(6)9-3-8-4/h3H,2H2,1H3. The lowest BCUT2D eigenvalue weighted by atomic mass is 10.2. The fourth-order valence-electron chi connectivity index (χ4n) is 1.09. The highest BCUT2D eigenvalue weighted by molar-refractivity contribution is 8.00. The maximum atomic E-state index is 11.2. The summed E-state index contributed by atoms with van der Waals surface area (Å²) in [7, 11) is 0. The Labute approximate surface area is 68.2 Å². The lowest BCUT2D eigenvalue weighted by Gasteiger charge is -1.96. The quantitative estimate of drug-likeness (QED) is 0.541. The normalized spacial score (nSPS) is 15.2. The highest BCUT2D eigenvalue weighted by Gasteiger charge is 2.23. The van der Waals surface area contributed by atoms with E-state index >= 15 is 0 Å². The summed E-state index contributed by atoms with van der Waals surface area (Å²) >= 11 is 1.49. The van der Waals surface area contributed by atoms with Gasteiger partial charge in [0, 0.05) is 0 Å².